The van der Waals surface area contributed by atoms with E-state index in [1.54, 1.807) is 0 Å². The second-order valence-corrected chi connectivity index (χ2v) is 7.43. The van der Waals surface area contributed by atoms with Crippen molar-refractivity contribution < 1.29 is 9.53 Å². The first-order valence-corrected chi connectivity index (χ1v) is 10.7. The second-order valence-electron chi connectivity index (χ2n) is 7.43. The van der Waals surface area contributed by atoms with Crippen molar-refractivity contribution >= 4 is 5.97 Å². The van der Waals surface area contributed by atoms with Crippen molar-refractivity contribution in [2.24, 2.45) is 5.92 Å². The van der Waals surface area contributed by atoms with Crippen LogP contribution in [0.2, 0.25) is 0 Å². The number of carbonyl (C=O) groups excluding carboxylic acids is 1. The van der Waals surface area contributed by atoms with Crippen LogP contribution in [0.3, 0.4) is 0 Å². The topological polar surface area (TPSA) is 38.3 Å². The lowest BCUT2D eigenvalue weighted by molar-refractivity contribution is -0.155. The minimum absolute atomic E-state index is 0.0165. The quantitative estimate of drug-likeness (QED) is 0.454. The molecule has 0 radical (unpaired) electrons. The molecule has 1 unspecified atom stereocenters. The summed E-state index contributed by atoms with van der Waals surface area (Å²) in [5.74, 6) is 0.265. The summed E-state index contributed by atoms with van der Waals surface area (Å²) in [5, 5.41) is 3.41. The molecule has 0 aliphatic carbocycles. The molecule has 0 bridgehead atoms. The molecular weight excluding hydrogens is 346 g/mol. The van der Waals surface area contributed by atoms with E-state index in [1.165, 1.54) is 0 Å². The van der Waals surface area contributed by atoms with Crippen LogP contribution in [0.5, 0.6) is 0 Å². The number of hydrogen-bond acceptors (Lipinski definition) is 3. The number of carbonyl (C=O) groups is 1. The van der Waals surface area contributed by atoms with Crippen LogP contribution < -0.4 is 5.32 Å². The van der Waals surface area contributed by atoms with Crippen LogP contribution in [0.1, 0.15) is 70.0 Å². The second kappa shape index (κ2) is 12.4. The molecule has 2 aromatic carbocycles. The molecular formula is C25H35NO2. The molecule has 3 nitrogen and oxygen atoms in total. The first-order valence-electron chi connectivity index (χ1n) is 10.7. The molecule has 0 saturated heterocycles. The minimum atomic E-state index is -0.459. The summed E-state index contributed by atoms with van der Waals surface area (Å²) in [7, 11) is 0. The molecule has 2 rings (SSSR count). The fourth-order valence-electron chi connectivity index (χ4n) is 3.79. The number of ether oxygens (including phenoxy) is 1. The summed E-state index contributed by atoms with van der Waals surface area (Å²) in [5.41, 5.74) is 2.10. The molecule has 0 aromatic heterocycles. The van der Waals surface area contributed by atoms with Gasteiger partial charge >= 0.3 is 5.97 Å². The minimum Gasteiger partial charge on any atom is -0.461 e. The van der Waals surface area contributed by atoms with Gasteiger partial charge in [-0.25, -0.2) is 4.79 Å². The van der Waals surface area contributed by atoms with Gasteiger partial charge in [-0.3, -0.25) is 5.32 Å². The molecule has 0 amide bonds. The van der Waals surface area contributed by atoms with E-state index in [-0.39, 0.29) is 12.1 Å². The SMILES string of the molecule is CCCC(CCC)[C@H](CC)OC(=O)C(NCc1ccccc1)c1ccccc1. The van der Waals surface area contributed by atoms with Crippen molar-refractivity contribution in [3.63, 3.8) is 0 Å². The lowest BCUT2D eigenvalue weighted by Gasteiger charge is -2.28. The molecule has 0 spiro atoms. The van der Waals surface area contributed by atoms with Crippen molar-refractivity contribution in [2.45, 2.75) is 71.6 Å². The van der Waals surface area contributed by atoms with Crippen molar-refractivity contribution in [1.82, 2.24) is 5.32 Å². The molecule has 152 valence electrons. The van der Waals surface area contributed by atoms with E-state index in [9.17, 15) is 4.79 Å². The van der Waals surface area contributed by atoms with E-state index in [0.717, 1.165) is 43.2 Å². The highest BCUT2D eigenvalue weighted by Gasteiger charge is 2.28. The Morgan fingerprint density at radius 3 is 2.00 bits per heavy atom. The first-order chi connectivity index (χ1) is 13.7. The normalized spacial score (nSPS) is 13.3. The molecule has 0 saturated carbocycles. The average Bonchev–Trinajstić information content (AvgIpc) is 2.73. The van der Waals surface area contributed by atoms with E-state index < -0.39 is 6.04 Å². The van der Waals surface area contributed by atoms with Crippen LogP contribution in [0, 0.1) is 5.92 Å². The van der Waals surface area contributed by atoms with E-state index in [1.807, 2.05) is 48.5 Å². The molecule has 0 fully saturated rings. The summed E-state index contributed by atoms with van der Waals surface area (Å²) in [6.07, 6.45) is 5.29. The van der Waals surface area contributed by atoms with Gasteiger partial charge in [0, 0.05) is 6.54 Å². The first kappa shape index (κ1) is 22.2. The molecule has 28 heavy (non-hydrogen) atoms. The van der Waals surface area contributed by atoms with Gasteiger partial charge in [-0.2, -0.15) is 0 Å². The monoisotopic (exact) mass is 381 g/mol. The highest BCUT2D eigenvalue weighted by atomic mass is 16.5. The van der Waals surface area contributed by atoms with Gasteiger partial charge in [-0.15, -0.1) is 0 Å². The van der Waals surface area contributed by atoms with Gasteiger partial charge in [-0.1, -0.05) is 94.3 Å². The van der Waals surface area contributed by atoms with Gasteiger partial charge < -0.3 is 4.74 Å². The number of hydrogen-bond donors (Lipinski definition) is 1. The van der Waals surface area contributed by atoms with Gasteiger partial charge in [-0.05, 0) is 36.3 Å². The van der Waals surface area contributed by atoms with Gasteiger partial charge in [0.2, 0.25) is 0 Å². The van der Waals surface area contributed by atoms with Crippen molar-refractivity contribution in [3.8, 4) is 0 Å². The van der Waals surface area contributed by atoms with Crippen molar-refractivity contribution in [1.29, 1.82) is 0 Å². The van der Waals surface area contributed by atoms with E-state index >= 15 is 0 Å². The van der Waals surface area contributed by atoms with Crippen LogP contribution in [0.25, 0.3) is 0 Å². The molecule has 3 heteroatoms. The Hall–Kier alpha value is -2.13. The van der Waals surface area contributed by atoms with Crippen LogP contribution in [0.15, 0.2) is 60.7 Å². The van der Waals surface area contributed by atoms with Gasteiger partial charge in [0.1, 0.15) is 12.1 Å². The Balaban J connectivity index is 2.13. The zero-order valence-corrected chi connectivity index (χ0v) is 17.6. The third-order valence-electron chi connectivity index (χ3n) is 5.24. The summed E-state index contributed by atoms with van der Waals surface area (Å²) >= 11 is 0. The Labute approximate surface area is 170 Å². The summed E-state index contributed by atoms with van der Waals surface area (Å²) < 4.78 is 6.07. The van der Waals surface area contributed by atoms with Crippen LogP contribution in [-0.4, -0.2) is 12.1 Å². The number of nitrogens with one attached hydrogen (secondary N) is 1. The smallest absolute Gasteiger partial charge is 0.328 e. The molecule has 0 aliphatic rings. The third kappa shape index (κ3) is 6.79. The Bertz CT molecular complexity index is 665. The highest BCUT2D eigenvalue weighted by Crippen LogP contribution is 2.25. The Morgan fingerprint density at radius 2 is 1.46 bits per heavy atom. The molecule has 0 aliphatic heterocycles. The summed E-state index contributed by atoms with van der Waals surface area (Å²) in [4.78, 5) is 13.2. The predicted molar refractivity (Wildman–Crippen MR) is 116 cm³/mol. The van der Waals surface area contributed by atoms with Gasteiger partial charge in [0.15, 0.2) is 0 Å². The standard InChI is InChI=1S/C25H35NO2/c1-4-13-21(14-5-2)23(6-3)28-25(27)24(22-17-11-8-12-18-22)26-19-20-15-9-7-10-16-20/h7-12,15-18,21,23-24,26H,4-6,13-14,19H2,1-3H3/t23-,24?/m0/s1. The highest BCUT2D eigenvalue weighted by molar-refractivity contribution is 5.77. The Morgan fingerprint density at radius 1 is 0.893 bits per heavy atom. The largest absolute Gasteiger partial charge is 0.461 e. The maximum absolute atomic E-state index is 13.2. The van der Waals surface area contributed by atoms with Crippen molar-refractivity contribution in [2.75, 3.05) is 0 Å². The van der Waals surface area contributed by atoms with Gasteiger partial charge in [0.05, 0.1) is 0 Å². The molecule has 0 heterocycles. The summed E-state index contributed by atoms with van der Waals surface area (Å²) in [6.45, 7) is 7.14. The molecule has 2 aromatic rings. The zero-order valence-electron chi connectivity index (χ0n) is 17.6. The fraction of sp³-hybridized carbons (Fsp3) is 0.480. The van der Waals surface area contributed by atoms with Crippen LogP contribution in [0.4, 0.5) is 0 Å². The fourth-order valence-corrected chi connectivity index (χ4v) is 3.79. The van der Waals surface area contributed by atoms with Crippen molar-refractivity contribution in [3.05, 3.63) is 71.8 Å². The van der Waals surface area contributed by atoms with E-state index in [4.69, 9.17) is 4.74 Å². The lowest BCUT2D eigenvalue weighted by Crippen LogP contribution is -2.35. The Kier molecular flexibility index (Phi) is 9.78. The predicted octanol–water partition coefficient (Wildman–Crippen LogP) is 6.06. The third-order valence-corrected chi connectivity index (χ3v) is 5.24. The average molecular weight is 382 g/mol. The molecule has 2 atom stereocenters. The lowest BCUT2D eigenvalue weighted by atomic mass is 9.91. The van der Waals surface area contributed by atoms with Gasteiger partial charge in [0.25, 0.3) is 0 Å². The van der Waals surface area contributed by atoms with Crippen LogP contribution in [-0.2, 0) is 16.1 Å². The van der Waals surface area contributed by atoms with Crippen LogP contribution >= 0.6 is 0 Å². The summed E-state index contributed by atoms with van der Waals surface area (Å²) in [6, 6.07) is 19.6. The zero-order chi connectivity index (χ0) is 20.2. The molecule has 1 N–H and O–H groups in total. The number of esters is 1. The van der Waals surface area contributed by atoms with E-state index in [2.05, 4.69) is 38.2 Å². The maximum Gasteiger partial charge on any atom is 0.328 e. The number of rotatable bonds is 12. The van der Waals surface area contributed by atoms with E-state index in [0.29, 0.717) is 12.5 Å². The number of benzene rings is 2. The maximum atomic E-state index is 13.2.